The van der Waals surface area contributed by atoms with Crippen LogP contribution in [0.5, 0.6) is 11.5 Å². The van der Waals surface area contributed by atoms with Crippen molar-refractivity contribution in [1.29, 1.82) is 0 Å². The van der Waals surface area contributed by atoms with Crippen LogP contribution < -0.4 is 14.8 Å². The van der Waals surface area contributed by atoms with Crippen LogP contribution in [0.25, 0.3) is 0 Å². The standard InChI is InChI=1S/C18H14F3NO3/c19-18(20,21)11-3-1-2-10(6-11)12-8-17(23)22-14-9-16-15(7-13(12)14)24-4-5-25-16/h1-3,6-7,9,12H,4-5,8H2,(H,22,23)/t12-/m1/s1. The molecule has 4 rings (SSSR count). The molecule has 1 atom stereocenters. The summed E-state index contributed by atoms with van der Waals surface area (Å²) in [7, 11) is 0. The molecule has 0 aliphatic carbocycles. The molecule has 0 saturated heterocycles. The number of carbonyl (C=O) groups is 1. The van der Waals surface area contributed by atoms with Crippen LogP contribution in [0, 0.1) is 0 Å². The molecule has 0 unspecified atom stereocenters. The third-order valence-electron chi connectivity index (χ3n) is 4.37. The Bertz CT molecular complexity index is 848. The number of anilines is 1. The molecule has 0 fully saturated rings. The van der Waals surface area contributed by atoms with Gasteiger partial charge in [0.15, 0.2) is 11.5 Å². The maximum atomic E-state index is 13.0. The third-order valence-corrected chi connectivity index (χ3v) is 4.37. The average molecular weight is 349 g/mol. The zero-order valence-electron chi connectivity index (χ0n) is 13.0. The van der Waals surface area contributed by atoms with Crippen molar-refractivity contribution in [3.63, 3.8) is 0 Å². The van der Waals surface area contributed by atoms with Gasteiger partial charge in [-0.25, -0.2) is 0 Å². The van der Waals surface area contributed by atoms with Crippen molar-refractivity contribution in [2.45, 2.75) is 18.5 Å². The number of hydrogen-bond acceptors (Lipinski definition) is 3. The van der Waals surface area contributed by atoms with Gasteiger partial charge in [-0.3, -0.25) is 4.79 Å². The van der Waals surface area contributed by atoms with Gasteiger partial charge in [-0.2, -0.15) is 13.2 Å². The minimum Gasteiger partial charge on any atom is -0.486 e. The maximum absolute atomic E-state index is 13.0. The molecule has 7 heteroatoms. The molecule has 0 bridgehead atoms. The molecule has 2 aliphatic heterocycles. The van der Waals surface area contributed by atoms with Gasteiger partial charge in [0.05, 0.1) is 5.56 Å². The Labute approximate surface area is 141 Å². The Morgan fingerprint density at radius 1 is 1.04 bits per heavy atom. The van der Waals surface area contributed by atoms with Crippen molar-refractivity contribution in [1.82, 2.24) is 0 Å². The number of carbonyl (C=O) groups excluding carboxylic acids is 1. The van der Waals surface area contributed by atoms with Crippen LogP contribution in [-0.4, -0.2) is 19.1 Å². The third kappa shape index (κ3) is 2.90. The van der Waals surface area contributed by atoms with E-state index in [4.69, 9.17) is 9.47 Å². The second-order valence-electron chi connectivity index (χ2n) is 6.01. The Balaban J connectivity index is 1.81. The first-order valence-electron chi connectivity index (χ1n) is 7.82. The number of amides is 1. The van der Waals surface area contributed by atoms with E-state index in [0.717, 1.165) is 17.7 Å². The summed E-state index contributed by atoms with van der Waals surface area (Å²) in [4.78, 5) is 12.1. The van der Waals surface area contributed by atoms with Crippen LogP contribution in [0.3, 0.4) is 0 Å². The highest BCUT2D eigenvalue weighted by Crippen LogP contribution is 2.44. The van der Waals surface area contributed by atoms with Crippen molar-refractivity contribution in [2.24, 2.45) is 0 Å². The highest BCUT2D eigenvalue weighted by Gasteiger charge is 2.33. The van der Waals surface area contributed by atoms with Crippen molar-refractivity contribution in [3.05, 3.63) is 53.1 Å². The summed E-state index contributed by atoms with van der Waals surface area (Å²) in [6, 6.07) is 8.51. The fourth-order valence-corrected chi connectivity index (χ4v) is 3.23. The van der Waals surface area contributed by atoms with Gasteiger partial charge in [0.25, 0.3) is 0 Å². The van der Waals surface area contributed by atoms with Crippen LogP contribution >= 0.6 is 0 Å². The monoisotopic (exact) mass is 349 g/mol. The van der Waals surface area contributed by atoms with Crippen molar-refractivity contribution < 1.29 is 27.4 Å². The Morgan fingerprint density at radius 3 is 2.48 bits per heavy atom. The smallest absolute Gasteiger partial charge is 0.416 e. The van der Waals surface area contributed by atoms with E-state index in [1.807, 2.05) is 0 Å². The van der Waals surface area contributed by atoms with E-state index in [1.165, 1.54) is 6.07 Å². The van der Waals surface area contributed by atoms with Crippen molar-refractivity contribution in [2.75, 3.05) is 18.5 Å². The van der Waals surface area contributed by atoms with E-state index in [1.54, 1.807) is 18.2 Å². The quantitative estimate of drug-likeness (QED) is 0.848. The van der Waals surface area contributed by atoms with E-state index in [0.29, 0.717) is 36.0 Å². The van der Waals surface area contributed by atoms with Crippen LogP contribution in [0.1, 0.15) is 29.0 Å². The summed E-state index contributed by atoms with van der Waals surface area (Å²) in [5.41, 5.74) is 0.990. The Morgan fingerprint density at radius 2 is 1.76 bits per heavy atom. The number of alkyl halides is 3. The molecule has 2 aromatic rings. The van der Waals surface area contributed by atoms with Gasteiger partial charge in [0.1, 0.15) is 13.2 Å². The molecule has 2 heterocycles. The van der Waals surface area contributed by atoms with Gasteiger partial charge in [0, 0.05) is 24.1 Å². The Hall–Kier alpha value is -2.70. The van der Waals surface area contributed by atoms with Gasteiger partial charge in [0.2, 0.25) is 5.91 Å². The summed E-state index contributed by atoms with van der Waals surface area (Å²) in [6.45, 7) is 0.823. The minimum atomic E-state index is -4.43. The van der Waals surface area contributed by atoms with Gasteiger partial charge in [-0.05, 0) is 23.3 Å². The first kappa shape index (κ1) is 15.8. The molecule has 1 amide bonds. The lowest BCUT2D eigenvalue weighted by molar-refractivity contribution is -0.137. The molecule has 0 saturated carbocycles. The largest absolute Gasteiger partial charge is 0.486 e. The summed E-state index contributed by atoms with van der Waals surface area (Å²) in [5.74, 6) is 0.349. The fraction of sp³-hybridized carbons (Fsp3) is 0.278. The molecule has 25 heavy (non-hydrogen) atoms. The Kier molecular flexibility index (Phi) is 3.59. The lowest BCUT2D eigenvalue weighted by atomic mass is 9.84. The van der Waals surface area contributed by atoms with Crippen molar-refractivity contribution in [3.8, 4) is 11.5 Å². The number of hydrogen-bond donors (Lipinski definition) is 1. The summed E-state index contributed by atoms with van der Waals surface area (Å²) < 4.78 is 50.1. The molecule has 130 valence electrons. The van der Waals surface area contributed by atoms with E-state index in [2.05, 4.69) is 5.32 Å². The number of fused-ring (bicyclic) bond motifs is 2. The topological polar surface area (TPSA) is 47.6 Å². The van der Waals surface area contributed by atoms with Crippen LogP contribution in [-0.2, 0) is 11.0 Å². The number of ether oxygens (including phenoxy) is 2. The normalized spacial score (nSPS) is 19.2. The van der Waals surface area contributed by atoms with E-state index in [-0.39, 0.29) is 12.3 Å². The zero-order chi connectivity index (χ0) is 17.6. The minimum absolute atomic E-state index is 0.0773. The lowest BCUT2D eigenvalue weighted by Crippen LogP contribution is -2.25. The second kappa shape index (κ2) is 5.68. The molecule has 0 spiro atoms. The van der Waals surface area contributed by atoms with Crippen molar-refractivity contribution >= 4 is 11.6 Å². The molecule has 0 aromatic heterocycles. The fourth-order valence-electron chi connectivity index (χ4n) is 3.23. The predicted molar refractivity (Wildman–Crippen MR) is 84.0 cm³/mol. The maximum Gasteiger partial charge on any atom is 0.416 e. The summed E-state index contributed by atoms with van der Waals surface area (Å²) in [6.07, 6.45) is -4.35. The van der Waals surface area contributed by atoms with Gasteiger partial charge < -0.3 is 14.8 Å². The number of nitrogens with one attached hydrogen (secondary N) is 1. The molecule has 2 aliphatic rings. The zero-order valence-corrected chi connectivity index (χ0v) is 13.0. The average Bonchev–Trinajstić information content (AvgIpc) is 2.59. The predicted octanol–water partition coefficient (Wildman–Crippen LogP) is 3.95. The SMILES string of the molecule is O=C1C[C@H](c2cccc(C(F)(F)F)c2)c2cc3c(cc2N1)OCCO3. The first-order valence-corrected chi connectivity index (χ1v) is 7.82. The molecule has 0 radical (unpaired) electrons. The first-order chi connectivity index (χ1) is 11.9. The van der Waals surface area contributed by atoms with E-state index >= 15 is 0 Å². The van der Waals surface area contributed by atoms with Crippen LogP contribution in [0.2, 0.25) is 0 Å². The van der Waals surface area contributed by atoms with Gasteiger partial charge in [-0.15, -0.1) is 0 Å². The molecule has 4 nitrogen and oxygen atoms in total. The lowest BCUT2D eigenvalue weighted by Gasteiger charge is -2.29. The summed E-state index contributed by atoms with van der Waals surface area (Å²) >= 11 is 0. The molecular weight excluding hydrogens is 335 g/mol. The van der Waals surface area contributed by atoms with Crippen LogP contribution in [0.4, 0.5) is 18.9 Å². The van der Waals surface area contributed by atoms with E-state index in [9.17, 15) is 18.0 Å². The van der Waals surface area contributed by atoms with Crippen LogP contribution in [0.15, 0.2) is 36.4 Å². The molecular formula is C18H14F3NO3. The van der Waals surface area contributed by atoms with Gasteiger partial charge in [-0.1, -0.05) is 18.2 Å². The number of rotatable bonds is 1. The van der Waals surface area contributed by atoms with E-state index < -0.39 is 17.7 Å². The second-order valence-corrected chi connectivity index (χ2v) is 6.01. The number of halogens is 3. The highest BCUT2D eigenvalue weighted by atomic mass is 19.4. The highest BCUT2D eigenvalue weighted by molar-refractivity contribution is 5.96. The molecule has 1 N–H and O–H groups in total. The van der Waals surface area contributed by atoms with Gasteiger partial charge >= 0.3 is 6.18 Å². The summed E-state index contributed by atoms with van der Waals surface area (Å²) in [5, 5.41) is 2.76. The molecule has 2 aromatic carbocycles. The number of benzene rings is 2.